The number of hydrogen-bond donors (Lipinski definition) is 3. The maximum Gasteiger partial charge on any atom is 0.258 e. The molecule has 1 aliphatic heterocycles. The first-order valence-electron chi connectivity index (χ1n) is 9.09. The lowest BCUT2D eigenvalue weighted by atomic mass is 10.1. The van der Waals surface area contributed by atoms with E-state index in [9.17, 15) is 9.90 Å². The van der Waals surface area contributed by atoms with Crippen molar-refractivity contribution in [2.75, 3.05) is 13.2 Å². The summed E-state index contributed by atoms with van der Waals surface area (Å²) in [7, 11) is 0. The monoisotopic (exact) mass is 370 g/mol. The molecule has 144 valence electrons. The van der Waals surface area contributed by atoms with E-state index in [2.05, 4.69) is 10.6 Å². The zero-order valence-electron chi connectivity index (χ0n) is 15.9. The Morgan fingerprint density at radius 2 is 1.96 bits per heavy atom. The Bertz CT molecular complexity index is 792. The number of aliphatic hydroxyl groups excluding tert-OH is 1. The van der Waals surface area contributed by atoms with Crippen LogP contribution >= 0.6 is 0 Å². The fourth-order valence-electron chi connectivity index (χ4n) is 2.89. The van der Waals surface area contributed by atoms with Gasteiger partial charge in [0, 0.05) is 12.6 Å². The first-order valence-corrected chi connectivity index (χ1v) is 9.09. The fourth-order valence-corrected chi connectivity index (χ4v) is 2.89. The van der Waals surface area contributed by atoms with Gasteiger partial charge in [0.2, 0.25) is 0 Å². The van der Waals surface area contributed by atoms with Gasteiger partial charge in [-0.2, -0.15) is 0 Å². The number of amides is 1. The van der Waals surface area contributed by atoms with Crippen LogP contribution in [-0.4, -0.2) is 35.9 Å². The summed E-state index contributed by atoms with van der Waals surface area (Å²) in [6, 6.07) is 14.8. The number of benzene rings is 2. The Morgan fingerprint density at radius 3 is 2.70 bits per heavy atom. The van der Waals surface area contributed by atoms with E-state index in [1.807, 2.05) is 37.3 Å². The Labute approximate surface area is 159 Å². The van der Waals surface area contributed by atoms with Gasteiger partial charge in [0.05, 0.1) is 11.7 Å². The molecule has 0 spiro atoms. The van der Waals surface area contributed by atoms with Crippen LogP contribution < -0.4 is 20.1 Å². The lowest BCUT2D eigenvalue weighted by Gasteiger charge is -2.33. The highest BCUT2D eigenvalue weighted by Gasteiger charge is 2.31. The standard InChI is InChI=1S/C21H26N2O4/c1-14(22-12-18(24)15-7-5-4-6-8-15)13-26-16-9-10-19-17(11-16)20(25)23-21(2,3)27-19/h4-11,14,18,22,24H,12-13H2,1-3H3,(H,23,25). The molecule has 2 atom stereocenters. The number of rotatable bonds is 7. The third-order valence-corrected chi connectivity index (χ3v) is 4.32. The minimum absolute atomic E-state index is 0.0309. The molecule has 6 nitrogen and oxygen atoms in total. The summed E-state index contributed by atoms with van der Waals surface area (Å²) in [5.74, 6) is 0.974. The molecule has 1 heterocycles. The number of hydrogen-bond acceptors (Lipinski definition) is 5. The van der Waals surface area contributed by atoms with E-state index in [1.165, 1.54) is 0 Å². The van der Waals surface area contributed by atoms with Crippen LogP contribution in [0.1, 0.15) is 42.8 Å². The summed E-state index contributed by atoms with van der Waals surface area (Å²) in [6.45, 7) is 6.43. The zero-order chi connectivity index (χ0) is 19.4. The number of ether oxygens (including phenoxy) is 2. The minimum atomic E-state index is -0.718. The van der Waals surface area contributed by atoms with E-state index in [0.29, 0.717) is 30.2 Å². The first-order chi connectivity index (χ1) is 12.8. The van der Waals surface area contributed by atoms with Crippen molar-refractivity contribution in [3.05, 3.63) is 59.7 Å². The van der Waals surface area contributed by atoms with Crippen molar-refractivity contribution in [3.63, 3.8) is 0 Å². The van der Waals surface area contributed by atoms with Crippen LogP contribution in [-0.2, 0) is 0 Å². The van der Waals surface area contributed by atoms with E-state index in [1.54, 1.807) is 32.0 Å². The number of fused-ring (bicyclic) bond motifs is 1. The van der Waals surface area contributed by atoms with Crippen molar-refractivity contribution < 1.29 is 19.4 Å². The molecular formula is C21H26N2O4. The van der Waals surface area contributed by atoms with Gasteiger partial charge in [-0.3, -0.25) is 4.79 Å². The van der Waals surface area contributed by atoms with Crippen LogP contribution in [0.5, 0.6) is 11.5 Å². The molecule has 27 heavy (non-hydrogen) atoms. The molecule has 2 aromatic rings. The fraction of sp³-hybridized carbons (Fsp3) is 0.381. The van der Waals surface area contributed by atoms with Gasteiger partial charge in [0.25, 0.3) is 5.91 Å². The Kier molecular flexibility index (Phi) is 5.68. The molecule has 1 aliphatic rings. The van der Waals surface area contributed by atoms with E-state index in [-0.39, 0.29) is 11.9 Å². The van der Waals surface area contributed by atoms with Crippen LogP contribution in [0.2, 0.25) is 0 Å². The van der Waals surface area contributed by atoms with E-state index in [0.717, 1.165) is 5.56 Å². The lowest BCUT2D eigenvalue weighted by molar-refractivity contribution is 0.0431. The highest BCUT2D eigenvalue weighted by molar-refractivity contribution is 5.98. The Morgan fingerprint density at radius 1 is 1.22 bits per heavy atom. The third kappa shape index (κ3) is 4.99. The maximum atomic E-state index is 12.2. The normalized spacial score (nSPS) is 17.3. The lowest BCUT2D eigenvalue weighted by Crippen LogP contribution is -2.51. The summed E-state index contributed by atoms with van der Waals surface area (Å²) in [5.41, 5.74) is 0.624. The third-order valence-electron chi connectivity index (χ3n) is 4.32. The smallest absolute Gasteiger partial charge is 0.258 e. The molecule has 3 rings (SSSR count). The SMILES string of the molecule is CC(COc1ccc2c(c1)C(=O)NC(C)(C)O2)NCC(O)c1ccccc1. The molecule has 0 fully saturated rings. The van der Waals surface area contributed by atoms with Gasteiger partial charge in [0.1, 0.15) is 18.1 Å². The van der Waals surface area contributed by atoms with Crippen molar-refractivity contribution in [1.82, 2.24) is 10.6 Å². The Hall–Kier alpha value is -2.57. The van der Waals surface area contributed by atoms with Gasteiger partial charge in [-0.05, 0) is 44.5 Å². The maximum absolute atomic E-state index is 12.2. The second-order valence-corrected chi connectivity index (χ2v) is 7.27. The van der Waals surface area contributed by atoms with Crippen molar-refractivity contribution >= 4 is 5.91 Å². The van der Waals surface area contributed by atoms with Gasteiger partial charge in [-0.25, -0.2) is 0 Å². The van der Waals surface area contributed by atoms with Crippen LogP contribution in [0.4, 0.5) is 0 Å². The molecule has 2 aromatic carbocycles. The first kappa shape index (κ1) is 19.2. The molecule has 0 radical (unpaired) electrons. The van der Waals surface area contributed by atoms with Crippen LogP contribution in [0, 0.1) is 0 Å². The van der Waals surface area contributed by atoms with Crippen LogP contribution in [0.25, 0.3) is 0 Å². The molecule has 0 aliphatic carbocycles. The highest BCUT2D eigenvalue weighted by Crippen LogP contribution is 2.30. The van der Waals surface area contributed by atoms with Gasteiger partial charge in [0.15, 0.2) is 5.72 Å². The summed E-state index contributed by atoms with van der Waals surface area (Å²) >= 11 is 0. The highest BCUT2D eigenvalue weighted by atomic mass is 16.5. The summed E-state index contributed by atoms with van der Waals surface area (Å²) in [4.78, 5) is 12.2. The largest absolute Gasteiger partial charge is 0.492 e. The van der Waals surface area contributed by atoms with Crippen molar-refractivity contribution in [2.45, 2.75) is 38.6 Å². The topological polar surface area (TPSA) is 79.8 Å². The molecule has 3 N–H and O–H groups in total. The average molecular weight is 370 g/mol. The van der Waals surface area contributed by atoms with Crippen LogP contribution in [0.15, 0.2) is 48.5 Å². The molecule has 0 saturated carbocycles. The summed E-state index contributed by atoms with van der Waals surface area (Å²) in [6.07, 6.45) is -0.568. The van der Waals surface area contributed by atoms with Gasteiger partial charge < -0.3 is 25.2 Å². The second kappa shape index (κ2) is 7.98. The van der Waals surface area contributed by atoms with Gasteiger partial charge in [-0.15, -0.1) is 0 Å². The molecule has 0 saturated heterocycles. The second-order valence-electron chi connectivity index (χ2n) is 7.27. The average Bonchev–Trinajstić information content (AvgIpc) is 2.64. The number of aliphatic hydroxyl groups is 1. The van der Waals surface area contributed by atoms with Crippen molar-refractivity contribution in [3.8, 4) is 11.5 Å². The minimum Gasteiger partial charge on any atom is -0.492 e. The number of nitrogens with one attached hydrogen (secondary N) is 2. The molecule has 0 bridgehead atoms. The van der Waals surface area contributed by atoms with Crippen molar-refractivity contribution in [2.24, 2.45) is 0 Å². The van der Waals surface area contributed by atoms with Crippen molar-refractivity contribution in [1.29, 1.82) is 0 Å². The predicted octanol–water partition coefficient (Wildman–Crippen LogP) is 2.64. The van der Waals surface area contributed by atoms with E-state index < -0.39 is 11.8 Å². The molecule has 0 aromatic heterocycles. The number of carbonyl (C=O) groups is 1. The predicted molar refractivity (Wildman–Crippen MR) is 103 cm³/mol. The molecular weight excluding hydrogens is 344 g/mol. The van der Waals surface area contributed by atoms with Crippen LogP contribution in [0.3, 0.4) is 0 Å². The van der Waals surface area contributed by atoms with Gasteiger partial charge >= 0.3 is 0 Å². The van der Waals surface area contributed by atoms with Gasteiger partial charge in [-0.1, -0.05) is 30.3 Å². The molecule has 6 heteroatoms. The molecule has 2 unspecified atom stereocenters. The summed E-state index contributed by atoms with van der Waals surface area (Å²) < 4.78 is 11.5. The van der Waals surface area contributed by atoms with E-state index >= 15 is 0 Å². The zero-order valence-corrected chi connectivity index (χ0v) is 15.9. The Balaban J connectivity index is 1.51. The molecule has 1 amide bonds. The summed E-state index contributed by atoms with van der Waals surface area (Å²) in [5, 5.41) is 16.2. The quantitative estimate of drug-likeness (QED) is 0.698. The number of carbonyl (C=O) groups excluding carboxylic acids is 1. The van der Waals surface area contributed by atoms with E-state index in [4.69, 9.17) is 9.47 Å².